The molecule has 5 heteroatoms. The average molecular weight is 324 g/mol. The second kappa shape index (κ2) is 7.36. The van der Waals surface area contributed by atoms with Crippen LogP contribution in [0.1, 0.15) is 34.3 Å². The highest BCUT2D eigenvalue weighted by Gasteiger charge is 2.16. The molecule has 0 fully saturated rings. The maximum Gasteiger partial charge on any atom is 0.269 e. The lowest BCUT2D eigenvalue weighted by molar-refractivity contribution is -0.384. The van der Waals surface area contributed by atoms with Crippen molar-refractivity contribution in [3.8, 4) is 0 Å². The van der Waals surface area contributed by atoms with Crippen LogP contribution in [0.2, 0.25) is 0 Å². The third-order valence-corrected chi connectivity index (χ3v) is 4.49. The molecule has 1 aliphatic rings. The molecule has 0 saturated carbocycles. The molecule has 0 radical (unpaired) electrons. The lowest BCUT2D eigenvalue weighted by atomic mass is 9.99. The number of carbonyl (C=O) groups excluding carboxylic acids is 1. The van der Waals surface area contributed by atoms with E-state index < -0.39 is 4.92 Å². The van der Waals surface area contributed by atoms with Crippen molar-refractivity contribution < 1.29 is 9.72 Å². The topological polar surface area (TPSA) is 63.5 Å². The molecular formula is C19H20N2O3. The molecule has 24 heavy (non-hydrogen) atoms. The molecule has 2 aromatic rings. The summed E-state index contributed by atoms with van der Waals surface area (Å²) >= 11 is 0. The Labute approximate surface area is 141 Å². The minimum absolute atomic E-state index is 0.0125. The first-order chi connectivity index (χ1) is 11.6. The first-order valence-electron chi connectivity index (χ1n) is 8.20. The molecular weight excluding hydrogens is 304 g/mol. The van der Waals surface area contributed by atoms with Gasteiger partial charge in [0.15, 0.2) is 5.78 Å². The largest absolute Gasteiger partial charge is 0.299 e. The van der Waals surface area contributed by atoms with E-state index in [0.717, 1.165) is 32.5 Å². The Kier molecular flexibility index (Phi) is 5.01. The minimum atomic E-state index is -0.456. The fraction of sp³-hybridized carbons (Fsp3) is 0.316. The number of benzene rings is 2. The van der Waals surface area contributed by atoms with Gasteiger partial charge in [-0.3, -0.25) is 19.8 Å². The number of hydrogen-bond donors (Lipinski definition) is 0. The van der Waals surface area contributed by atoms with E-state index >= 15 is 0 Å². The Bertz CT molecular complexity index is 741. The fourth-order valence-corrected chi connectivity index (χ4v) is 3.12. The van der Waals surface area contributed by atoms with Crippen LogP contribution in [0.3, 0.4) is 0 Å². The van der Waals surface area contributed by atoms with Gasteiger partial charge in [-0.15, -0.1) is 0 Å². The van der Waals surface area contributed by atoms with Crippen molar-refractivity contribution in [2.75, 3.05) is 13.1 Å². The highest BCUT2D eigenvalue weighted by Crippen LogP contribution is 2.19. The number of rotatable bonds is 6. The van der Waals surface area contributed by atoms with Crippen LogP contribution in [0.15, 0.2) is 48.5 Å². The lowest BCUT2D eigenvalue weighted by Crippen LogP contribution is -2.31. The van der Waals surface area contributed by atoms with E-state index in [9.17, 15) is 14.9 Å². The highest BCUT2D eigenvalue weighted by molar-refractivity contribution is 5.96. The summed E-state index contributed by atoms with van der Waals surface area (Å²) in [6.07, 6.45) is 2.33. The molecule has 1 heterocycles. The monoisotopic (exact) mass is 324 g/mol. The molecule has 1 aliphatic heterocycles. The molecule has 5 nitrogen and oxygen atoms in total. The summed E-state index contributed by atoms with van der Waals surface area (Å²) in [6, 6.07) is 14.4. The van der Waals surface area contributed by atoms with E-state index in [-0.39, 0.29) is 11.5 Å². The standard InChI is InChI=1S/C19H20N2O3/c22-19(16-7-9-18(10-8-16)21(23)24)6-3-12-20-13-11-15-4-1-2-5-17(15)14-20/h1-2,4-5,7-10H,3,6,11-14H2. The van der Waals surface area contributed by atoms with E-state index in [1.807, 2.05) is 0 Å². The van der Waals surface area contributed by atoms with Gasteiger partial charge < -0.3 is 0 Å². The van der Waals surface area contributed by atoms with Crippen LogP contribution in [0.25, 0.3) is 0 Å². The van der Waals surface area contributed by atoms with Crippen molar-refractivity contribution in [1.29, 1.82) is 0 Å². The van der Waals surface area contributed by atoms with Gasteiger partial charge in [0.2, 0.25) is 0 Å². The lowest BCUT2D eigenvalue weighted by Gasteiger charge is -2.28. The number of carbonyl (C=O) groups is 1. The number of fused-ring (bicyclic) bond motifs is 1. The maximum atomic E-state index is 12.2. The highest BCUT2D eigenvalue weighted by atomic mass is 16.6. The van der Waals surface area contributed by atoms with Crippen molar-refractivity contribution in [3.63, 3.8) is 0 Å². The summed E-state index contributed by atoms with van der Waals surface area (Å²) in [7, 11) is 0. The number of Topliss-reactive ketones (excluding diaryl/α,β-unsaturated/α-hetero) is 1. The Hall–Kier alpha value is -2.53. The van der Waals surface area contributed by atoms with Gasteiger partial charge in [0, 0.05) is 37.2 Å². The zero-order valence-electron chi connectivity index (χ0n) is 13.5. The maximum absolute atomic E-state index is 12.2. The fourth-order valence-electron chi connectivity index (χ4n) is 3.12. The summed E-state index contributed by atoms with van der Waals surface area (Å²) in [5.41, 5.74) is 3.37. The third kappa shape index (κ3) is 3.86. The smallest absolute Gasteiger partial charge is 0.269 e. The molecule has 0 spiro atoms. The van der Waals surface area contributed by atoms with Crippen molar-refractivity contribution in [3.05, 3.63) is 75.3 Å². The number of nitro groups is 1. The van der Waals surface area contributed by atoms with Gasteiger partial charge in [-0.05, 0) is 42.6 Å². The summed E-state index contributed by atoms with van der Waals surface area (Å²) in [4.78, 5) is 24.7. The number of nitro benzene ring substituents is 1. The second-order valence-corrected chi connectivity index (χ2v) is 6.13. The predicted octanol–water partition coefficient (Wildman–Crippen LogP) is 3.62. The van der Waals surface area contributed by atoms with E-state index in [0.29, 0.717) is 12.0 Å². The van der Waals surface area contributed by atoms with Crippen LogP contribution in [0.5, 0.6) is 0 Å². The average Bonchev–Trinajstić information content (AvgIpc) is 2.61. The van der Waals surface area contributed by atoms with Gasteiger partial charge in [-0.1, -0.05) is 24.3 Å². The summed E-state index contributed by atoms with van der Waals surface area (Å²) in [5.74, 6) is 0.0438. The third-order valence-electron chi connectivity index (χ3n) is 4.49. The molecule has 3 rings (SSSR count). The summed E-state index contributed by atoms with van der Waals surface area (Å²) in [6.45, 7) is 2.87. The van der Waals surface area contributed by atoms with Crippen LogP contribution in [-0.2, 0) is 13.0 Å². The van der Waals surface area contributed by atoms with Gasteiger partial charge in [0.25, 0.3) is 5.69 Å². The van der Waals surface area contributed by atoms with Crippen LogP contribution in [0, 0.1) is 10.1 Å². The van der Waals surface area contributed by atoms with Gasteiger partial charge in [-0.25, -0.2) is 0 Å². The number of hydrogen-bond acceptors (Lipinski definition) is 4. The summed E-state index contributed by atoms with van der Waals surface area (Å²) in [5, 5.41) is 10.6. The number of nitrogens with zero attached hydrogens (tertiary/aromatic N) is 2. The molecule has 2 aromatic carbocycles. The molecule has 0 bridgehead atoms. The van der Waals surface area contributed by atoms with E-state index in [1.165, 1.54) is 35.4 Å². The SMILES string of the molecule is O=C(CCCN1CCc2ccccc2C1)c1ccc([N+](=O)[O-])cc1. The predicted molar refractivity (Wildman–Crippen MR) is 92.1 cm³/mol. The molecule has 0 unspecified atom stereocenters. The van der Waals surface area contributed by atoms with Gasteiger partial charge in [0.05, 0.1) is 4.92 Å². The van der Waals surface area contributed by atoms with Crippen LogP contribution in [-0.4, -0.2) is 28.7 Å². The molecule has 0 amide bonds. The van der Waals surface area contributed by atoms with Crippen LogP contribution in [0.4, 0.5) is 5.69 Å². The van der Waals surface area contributed by atoms with Gasteiger partial charge in [0.1, 0.15) is 0 Å². The first-order valence-corrected chi connectivity index (χ1v) is 8.20. The quantitative estimate of drug-likeness (QED) is 0.462. The Morgan fingerprint density at radius 1 is 1.08 bits per heavy atom. The molecule has 0 saturated heterocycles. The Balaban J connectivity index is 1.48. The van der Waals surface area contributed by atoms with E-state index in [4.69, 9.17) is 0 Å². The minimum Gasteiger partial charge on any atom is -0.299 e. The molecule has 0 aliphatic carbocycles. The van der Waals surface area contributed by atoms with Crippen LogP contribution < -0.4 is 0 Å². The normalized spacial score (nSPS) is 14.2. The zero-order chi connectivity index (χ0) is 16.9. The van der Waals surface area contributed by atoms with E-state index in [2.05, 4.69) is 29.2 Å². The van der Waals surface area contributed by atoms with Crippen molar-refractivity contribution in [1.82, 2.24) is 4.90 Å². The number of ketones is 1. The van der Waals surface area contributed by atoms with Crippen molar-refractivity contribution >= 4 is 11.5 Å². The first kappa shape index (κ1) is 16.3. The van der Waals surface area contributed by atoms with E-state index in [1.54, 1.807) is 0 Å². The van der Waals surface area contributed by atoms with Crippen molar-refractivity contribution in [2.45, 2.75) is 25.8 Å². The summed E-state index contributed by atoms with van der Waals surface area (Å²) < 4.78 is 0. The Morgan fingerprint density at radius 3 is 2.50 bits per heavy atom. The zero-order valence-corrected chi connectivity index (χ0v) is 13.5. The molecule has 0 N–H and O–H groups in total. The number of non-ortho nitro benzene ring substituents is 1. The van der Waals surface area contributed by atoms with Gasteiger partial charge >= 0.3 is 0 Å². The molecule has 0 atom stereocenters. The molecule has 124 valence electrons. The van der Waals surface area contributed by atoms with Crippen LogP contribution >= 0.6 is 0 Å². The second-order valence-electron chi connectivity index (χ2n) is 6.13. The Morgan fingerprint density at radius 2 is 1.79 bits per heavy atom. The van der Waals surface area contributed by atoms with Gasteiger partial charge in [-0.2, -0.15) is 0 Å². The molecule has 0 aromatic heterocycles. The van der Waals surface area contributed by atoms with Crippen molar-refractivity contribution in [2.24, 2.45) is 0 Å².